The lowest BCUT2D eigenvalue weighted by molar-refractivity contribution is -0.140. The number of hydrogen-bond donors (Lipinski definition) is 1. The van der Waals surface area contributed by atoms with Crippen molar-refractivity contribution in [2.24, 2.45) is 0 Å². The van der Waals surface area contributed by atoms with Crippen LogP contribution in [-0.4, -0.2) is 50.9 Å². The lowest BCUT2D eigenvalue weighted by atomic mass is 10.1. The fourth-order valence-corrected chi connectivity index (χ4v) is 5.94. The topological polar surface area (TPSA) is 96.0 Å². The van der Waals surface area contributed by atoms with Gasteiger partial charge in [-0.2, -0.15) is 0 Å². The average molecular weight is 678 g/mol. The summed E-state index contributed by atoms with van der Waals surface area (Å²) < 4.78 is 34.9. The Hall–Kier alpha value is -3.12. The molecule has 0 radical (unpaired) electrons. The highest BCUT2D eigenvalue weighted by atomic mass is 127. The lowest BCUT2D eigenvalue weighted by Crippen LogP contribution is -2.53. The highest BCUT2D eigenvalue weighted by molar-refractivity contribution is 14.1. The highest BCUT2D eigenvalue weighted by Gasteiger charge is 2.34. The number of rotatable bonds is 13. The molecule has 0 bridgehead atoms. The van der Waals surface area contributed by atoms with Crippen LogP contribution in [0.4, 0.5) is 5.69 Å². The molecule has 8 nitrogen and oxygen atoms in total. The number of anilines is 1. The van der Waals surface area contributed by atoms with Gasteiger partial charge in [0, 0.05) is 16.2 Å². The van der Waals surface area contributed by atoms with Gasteiger partial charge in [-0.05, 0) is 96.5 Å². The predicted molar refractivity (Wildman–Crippen MR) is 166 cm³/mol. The number of hydrogen-bond acceptors (Lipinski definition) is 5. The van der Waals surface area contributed by atoms with E-state index >= 15 is 0 Å². The maximum absolute atomic E-state index is 14.1. The van der Waals surface area contributed by atoms with Crippen molar-refractivity contribution in [3.63, 3.8) is 0 Å². The van der Waals surface area contributed by atoms with Crippen LogP contribution in [0.3, 0.4) is 0 Å². The van der Waals surface area contributed by atoms with E-state index < -0.39 is 28.5 Å². The average Bonchev–Trinajstić information content (AvgIpc) is 2.96. The van der Waals surface area contributed by atoms with Crippen molar-refractivity contribution in [1.82, 2.24) is 10.2 Å². The summed E-state index contributed by atoms with van der Waals surface area (Å²) in [6.45, 7) is 5.37. The van der Waals surface area contributed by atoms with Crippen LogP contribution in [0.5, 0.6) is 5.75 Å². The molecule has 10 heteroatoms. The smallest absolute Gasteiger partial charge is 0.264 e. The van der Waals surface area contributed by atoms with E-state index in [-0.39, 0.29) is 23.4 Å². The minimum atomic E-state index is -4.09. The Morgan fingerprint density at radius 3 is 2.10 bits per heavy atom. The van der Waals surface area contributed by atoms with E-state index in [1.54, 1.807) is 61.7 Å². The van der Waals surface area contributed by atoms with Crippen LogP contribution < -0.4 is 14.4 Å². The van der Waals surface area contributed by atoms with E-state index in [1.807, 2.05) is 32.9 Å². The summed E-state index contributed by atoms with van der Waals surface area (Å²) in [4.78, 5) is 29.0. The van der Waals surface area contributed by atoms with E-state index in [2.05, 4.69) is 27.9 Å². The molecule has 3 aromatic rings. The fraction of sp³-hybridized carbons (Fsp3) is 0.333. The fourth-order valence-electron chi connectivity index (χ4n) is 4.14. The molecule has 0 fully saturated rings. The first-order chi connectivity index (χ1) is 19.1. The number of nitrogens with zero attached hydrogens (tertiary/aromatic N) is 2. The second-order valence-corrected chi connectivity index (χ2v) is 12.5. The standard InChI is InChI=1S/C30H36IN3O5S/c1-5-22(3)32-30(36)28(6-2)33(20-23-12-18-26(39-4)19-13-23)29(35)21-34(25-16-14-24(31)15-17-25)40(37,38)27-10-8-7-9-11-27/h7-19,22,28H,5-6,20-21H2,1-4H3,(H,32,36). The third kappa shape index (κ3) is 7.97. The van der Waals surface area contributed by atoms with E-state index in [9.17, 15) is 18.0 Å². The molecule has 0 aliphatic carbocycles. The third-order valence-corrected chi connectivity index (χ3v) is 9.13. The number of benzene rings is 3. The lowest BCUT2D eigenvalue weighted by Gasteiger charge is -2.33. The Labute approximate surface area is 250 Å². The molecular weight excluding hydrogens is 641 g/mol. The molecule has 0 aliphatic heterocycles. The second kappa shape index (κ2) is 14.5. The zero-order chi connectivity index (χ0) is 29.3. The number of ether oxygens (including phenoxy) is 1. The Kier molecular flexibility index (Phi) is 11.4. The normalized spacial score (nSPS) is 12.7. The van der Waals surface area contributed by atoms with Crippen molar-refractivity contribution in [2.45, 2.75) is 57.1 Å². The number of nitrogens with one attached hydrogen (secondary N) is 1. The van der Waals surface area contributed by atoms with Crippen LogP contribution in [0.1, 0.15) is 39.2 Å². The summed E-state index contributed by atoms with van der Waals surface area (Å²) in [5.41, 5.74) is 1.15. The number of methoxy groups -OCH3 is 1. The van der Waals surface area contributed by atoms with Gasteiger partial charge >= 0.3 is 0 Å². The van der Waals surface area contributed by atoms with Crippen molar-refractivity contribution in [2.75, 3.05) is 18.0 Å². The molecular formula is C30H36IN3O5S. The van der Waals surface area contributed by atoms with Crippen molar-refractivity contribution >= 4 is 50.1 Å². The Balaban J connectivity index is 2.03. The maximum Gasteiger partial charge on any atom is 0.264 e. The first kappa shape index (κ1) is 31.4. The number of sulfonamides is 1. The Bertz CT molecular complexity index is 1370. The summed E-state index contributed by atoms with van der Waals surface area (Å²) in [5.74, 6) is -0.0903. The first-order valence-corrected chi connectivity index (χ1v) is 15.7. The van der Waals surface area contributed by atoms with E-state index in [0.29, 0.717) is 17.9 Å². The van der Waals surface area contributed by atoms with Crippen LogP contribution in [-0.2, 0) is 26.2 Å². The monoisotopic (exact) mass is 677 g/mol. The van der Waals surface area contributed by atoms with Gasteiger partial charge in [-0.25, -0.2) is 8.42 Å². The molecule has 2 unspecified atom stereocenters. The molecule has 3 aromatic carbocycles. The Morgan fingerprint density at radius 1 is 0.925 bits per heavy atom. The zero-order valence-electron chi connectivity index (χ0n) is 23.2. The minimum Gasteiger partial charge on any atom is -0.497 e. The van der Waals surface area contributed by atoms with Gasteiger partial charge in [-0.15, -0.1) is 0 Å². The van der Waals surface area contributed by atoms with Gasteiger partial charge in [0.25, 0.3) is 10.0 Å². The Morgan fingerprint density at radius 2 is 1.55 bits per heavy atom. The van der Waals surface area contributed by atoms with Crippen molar-refractivity contribution < 1.29 is 22.7 Å². The molecule has 0 aliphatic rings. The number of carbonyl (C=O) groups excluding carboxylic acids is 2. The maximum atomic E-state index is 14.1. The highest BCUT2D eigenvalue weighted by Crippen LogP contribution is 2.26. The van der Waals surface area contributed by atoms with Crippen LogP contribution in [0.15, 0.2) is 83.8 Å². The number of amides is 2. The minimum absolute atomic E-state index is 0.0683. The molecule has 0 spiro atoms. The molecule has 2 amide bonds. The van der Waals surface area contributed by atoms with Crippen LogP contribution in [0.25, 0.3) is 0 Å². The van der Waals surface area contributed by atoms with Gasteiger partial charge in [0.15, 0.2) is 0 Å². The predicted octanol–water partition coefficient (Wildman–Crippen LogP) is 5.22. The summed E-state index contributed by atoms with van der Waals surface area (Å²) in [6, 6.07) is 21.3. The molecule has 40 heavy (non-hydrogen) atoms. The first-order valence-electron chi connectivity index (χ1n) is 13.2. The molecule has 214 valence electrons. The van der Waals surface area contributed by atoms with E-state index in [0.717, 1.165) is 19.9 Å². The van der Waals surface area contributed by atoms with Gasteiger partial charge < -0.3 is 15.0 Å². The quantitative estimate of drug-likeness (QED) is 0.251. The van der Waals surface area contributed by atoms with Gasteiger partial charge in [-0.3, -0.25) is 13.9 Å². The van der Waals surface area contributed by atoms with Gasteiger partial charge in [0.05, 0.1) is 17.7 Å². The van der Waals surface area contributed by atoms with Gasteiger partial charge in [0.2, 0.25) is 11.8 Å². The van der Waals surface area contributed by atoms with Crippen LogP contribution in [0, 0.1) is 3.57 Å². The zero-order valence-corrected chi connectivity index (χ0v) is 26.2. The van der Waals surface area contributed by atoms with Crippen molar-refractivity contribution in [3.05, 3.63) is 88.0 Å². The summed E-state index contributed by atoms with van der Waals surface area (Å²) >= 11 is 2.14. The van der Waals surface area contributed by atoms with E-state index in [4.69, 9.17) is 4.74 Å². The van der Waals surface area contributed by atoms with Gasteiger partial charge in [0.1, 0.15) is 18.3 Å². The molecule has 0 saturated carbocycles. The molecule has 0 aromatic heterocycles. The van der Waals surface area contributed by atoms with Crippen LogP contribution >= 0.6 is 22.6 Å². The van der Waals surface area contributed by atoms with Crippen molar-refractivity contribution in [3.8, 4) is 5.75 Å². The van der Waals surface area contributed by atoms with Crippen LogP contribution in [0.2, 0.25) is 0 Å². The molecule has 3 rings (SSSR count). The number of carbonyl (C=O) groups is 2. The number of halogens is 1. The largest absolute Gasteiger partial charge is 0.497 e. The van der Waals surface area contributed by atoms with E-state index in [1.165, 1.54) is 17.0 Å². The molecule has 2 atom stereocenters. The second-order valence-electron chi connectivity index (χ2n) is 9.41. The summed E-state index contributed by atoms with van der Waals surface area (Å²) in [7, 11) is -2.51. The molecule has 0 heterocycles. The summed E-state index contributed by atoms with van der Waals surface area (Å²) in [6.07, 6.45) is 1.10. The third-order valence-electron chi connectivity index (χ3n) is 6.62. The molecule has 1 N–H and O–H groups in total. The van der Waals surface area contributed by atoms with Crippen molar-refractivity contribution in [1.29, 1.82) is 0 Å². The molecule has 0 saturated heterocycles. The summed E-state index contributed by atoms with van der Waals surface area (Å²) in [5, 5.41) is 2.98. The SMILES string of the molecule is CCC(C)NC(=O)C(CC)N(Cc1ccc(OC)cc1)C(=O)CN(c1ccc(I)cc1)S(=O)(=O)c1ccccc1. The van der Waals surface area contributed by atoms with Gasteiger partial charge in [-0.1, -0.05) is 44.2 Å².